The van der Waals surface area contributed by atoms with Crippen molar-refractivity contribution in [3.8, 4) is 0 Å². The lowest BCUT2D eigenvalue weighted by molar-refractivity contribution is -0.0632. The van der Waals surface area contributed by atoms with E-state index in [1.165, 1.54) is 13.8 Å². The Morgan fingerprint density at radius 3 is 1.78 bits per heavy atom. The Bertz CT molecular complexity index is 89.4. The molecule has 1 N–H and O–H groups in total. The fourth-order valence-corrected chi connectivity index (χ4v) is 0.630. The van der Waals surface area contributed by atoms with Crippen LogP contribution >= 0.6 is 11.6 Å². The second-order valence-electron chi connectivity index (χ2n) is 2.23. The van der Waals surface area contributed by atoms with Gasteiger partial charge in [0.05, 0.1) is 0 Å². The molecule has 0 aliphatic carbocycles. The van der Waals surface area contributed by atoms with Crippen molar-refractivity contribution in [1.29, 1.82) is 0 Å². The van der Waals surface area contributed by atoms with E-state index in [1.807, 2.05) is 0 Å². The lowest BCUT2D eigenvalue weighted by Crippen LogP contribution is -2.32. The first kappa shape index (κ1) is 9.11. The Kier molecular flexibility index (Phi) is 2.83. The third-order valence-corrected chi connectivity index (χ3v) is 1.19. The molecule has 0 aliphatic heterocycles. The van der Waals surface area contributed by atoms with Crippen LogP contribution in [0.2, 0.25) is 0 Å². The Labute approximate surface area is 57.6 Å². The minimum absolute atomic E-state index is 0.516. The molecule has 0 aromatic carbocycles. The average Bonchev–Trinajstić information content (AvgIpc) is 1.62. The van der Waals surface area contributed by atoms with Crippen molar-refractivity contribution in [2.75, 3.05) is 0 Å². The summed E-state index contributed by atoms with van der Waals surface area (Å²) in [6.07, 6.45) is -1.75. The molecule has 0 spiro atoms. The third kappa shape index (κ3) is 2.96. The molecule has 1 nitrogen and oxygen atoms in total. The Morgan fingerprint density at radius 1 is 1.44 bits per heavy atom. The molecule has 0 bridgehead atoms. The van der Waals surface area contributed by atoms with Gasteiger partial charge in [0.15, 0.2) is 0 Å². The zero-order valence-electron chi connectivity index (χ0n) is 5.24. The first-order chi connectivity index (χ1) is 3.85. The zero-order chi connectivity index (χ0) is 7.65. The lowest BCUT2D eigenvalue weighted by atomic mass is 10.1. The van der Waals surface area contributed by atoms with Crippen molar-refractivity contribution in [3.05, 3.63) is 0 Å². The van der Waals surface area contributed by atoms with Gasteiger partial charge in [0.25, 0.3) is 0 Å². The van der Waals surface area contributed by atoms with Crippen molar-refractivity contribution < 1.29 is 13.9 Å². The fourth-order valence-electron chi connectivity index (χ4n) is 0.378. The van der Waals surface area contributed by atoms with Gasteiger partial charge in [-0.3, -0.25) is 0 Å². The zero-order valence-corrected chi connectivity index (χ0v) is 5.99. The van der Waals surface area contributed by atoms with Gasteiger partial charge in [-0.15, -0.1) is 0 Å². The summed E-state index contributed by atoms with van der Waals surface area (Å²) in [5.41, 5.74) is 0. The molecular formula is C5H9ClF2O. The van der Waals surface area contributed by atoms with Crippen LogP contribution in [-0.4, -0.2) is 16.6 Å². The van der Waals surface area contributed by atoms with Crippen LogP contribution in [0.5, 0.6) is 0 Å². The summed E-state index contributed by atoms with van der Waals surface area (Å²) in [5.74, 6) is -0.516. The topological polar surface area (TPSA) is 20.2 Å². The molecule has 1 unspecified atom stereocenters. The largest absolute Gasteiger partial charge is 0.385 e. The van der Waals surface area contributed by atoms with Crippen LogP contribution in [0.3, 0.4) is 0 Å². The van der Waals surface area contributed by atoms with E-state index in [0.29, 0.717) is 0 Å². The van der Waals surface area contributed by atoms with E-state index >= 15 is 0 Å². The molecule has 0 aromatic heterocycles. The van der Waals surface area contributed by atoms with Crippen molar-refractivity contribution in [1.82, 2.24) is 0 Å². The molecule has 56 valence electrons. The minimum atomic E-state index is -3.49. The first-order valence-electron chi connectivity index (χ1n) is 2.60. The van der Waals surface area contributed by atoms with Crippen molar-refractivity contribution >= 4 is 11.6 Å². The molecule has 0 rings (SSSR count). The van der Waals surface area contributed by atoms with E-state index in [9.17, 15) is 8.78 Å². The summed E-state index contributed by atoms with van der Waals surface area (Å²) < 4.78 is 23.8. The molecule has 9 heavy (non-hydrogen) atoms. The van der Waals surface area contributed by atoms with Crippen molar-refractivity contribution in [3.63, 3.8) is 0 Å². The number of hydrogen-bond donors (Lipinski definition) is 1. The minimum Gasteiger partial charge on any atom is -0.385 e. The predicted octanol–water partition coefficient (Wildman–Crippen LogP) is 1.83. The van der Waals surface area contributed by atoms with Crippen LogP contribution in [-0.2, 0) is 0 Å². The van der Waals surface area contributed by atoms with Crippen LogP contribution < -0.4 is 0 Å². The summed E-state index contributed by atoms with van der Waals surface area (Å²) in [6.45, 7) is 2.95. The van der Waals surface area contributed by atoms with Crippen LogP contribution in [0.25, 0.3) is 0 Å². The van der Waals surface area contributed by atoms with Gasteiger partial charge in [-0.05, 0) is 17.5 Å². The Hall–Kier alpha value is 0.110. The molecule has 0 saturated carbocycles. The van der Waals surface area contributed by atoms with Gasteiger partial charge in [-0.2, -0.15) is 8.78 Å². The predicted molar refractivity (Wildman–Crippen MR) is 31.6 cm³/mol. The molecule has 0 fully saturated rings. The number of aliphatic hydroxyl groups is 1. The van der Waals surface area contributed by atoms with Crippen LogP contribution in [0, 0.1) is 5.92 Å². The van der Waals surface area contributed by atoms with Gasteiger partial charge in [-0.25, -0.2) is 0 Å². The highest BCUT2D eigenvalue weighted by molar-refractivity contribution is 6.22. The molecule has 0 radical (unpaired) electrons. The maximum atomic E-state index is 11.9. The van der Waals surface area contributed by atoms with Gasteiger partial charge < -0.3 is 5.11 Å². The summed E-state index contributed by atoms with van der Waals surface area (Å²) in [7, 11) is 0. The molecule has 4 heteroatoms. The molecular weight excluding hydrogens is 150 g/mol. The molecule has 0 aliphatic rings. The molecule has 0 heterocycles. The summed E-state index contributed by atoms with van der Waals surface area (Å²) in [6, 6.07) is 0. The van der Waals surface area contributed by atoms with Gasteiger partial charge in [0.2, 0.25) is 0 Å². The standard InChI is InChI=1S/C5H9ClF2O/c1-3(2)4(9)5(6,7)8/h3-4,9H,1-2H3. The normalized spacial score (nSPS) is 16.3. The van der Waals surface area contributed by atoms with Crippen molar-refractivity contribution in [2.45, 2.75) is 25.3 Å². The maximum Gasteiger partial charge on any atom is 0.347 e. The fraction of sp³-hybridized carbons (Fsp3) is 1.00. The smallest absolute Gasteiger partial charge is 0.347 e. The molecule has 1 atom stereocenters. The molecule has 0 amide bonds. The van der Waals surface area contributed by atoms with E-state index in [-0.39, 0.29) is 0 Å². The number of aliphatic hydroxyl groups excluding tert-OH is 1. The SMILES string of the molecule is CC(C)C(O)C(F)(F)Cl. The second-order valence-corrected chi connectivity index (χ2v) is 2.73. The van der Waals surface area contributed by atoms with Crippen molar-refractivity contribution in [2.24, 2.45) is 5.92 Å². The molecule has 0 saturated heterocycles. The quantitative estimate of drug-likeness (QED) is 0.608. The van der Waals surface area contributed by atoms with Crippen LogP contribution in [0.1, 0.15) is 13.8 Å². The lowest BCUT2D eigenvalue weighted by Gasteiger charge is -2.18. The van der Waals surface area contributed by atoms with Gasteiger partial charge in [0.1, 0.15) is 6.10 Å². The highest BCUT2D eigenvalue weighted by Gasteiger charge is 2.37. The van der Waals surface area contributed by atoms with E-state index < -0.39 is 17.4 Å². The molecule has 0 aromatic rings. The van der Waals surface area contributed by atoms with Crippen LogP contribution in [0.4, 0.5) is 8.78 Å². The average molecular weight is 159 g/mol. The van der Waals surface area contributed by atoms with Gasteiger partial charge >= 0.3 is 5.38 Å². The number of halogens is 3. The number of hydrogen-bond acceptors (Lipinski definition) is 1. The second kappa shape index (κ2) is 2.80. The van der Waals surface area contributed by atoms with E-state index in [0.717, 1.165) is 0 Å². The maximum absolute atomic E-state index is 11.9. The third-order valence-electron chi connectivity index (χ3n) is 0.967. The highest BCUT2D eigenvalue weighted by Crippen LogP contribution is 2.27. The van der Waals surface area contributed by atoms with E-state index in [4.69, 9.17) is 5.11 Å². The summed E-state index contributed by atoms with van der Waals surface area (Å²) in [5, 5.41) is 5.09. The first-order valence-corrected chi connectivity index (χ1v) is 2.98. The summed E-state index contributed by atoms with van der Waals surface area (Å²) >= 11 is 4.50. The van der Waals surface area contributed by atoms with Gasteiger partial charge in [0, 0.05) is 0 Å². The van der Waals surface area contributed by atoms with E-state index in [1.54, 1.807) is 0 Å². The summed E-state index contributed by atoms with van der Waals surface area (Å²) in [4.78, 5) is 0. The van der Waals surface area contributed by atoms with E-state index in [2.05, 4.69) is 11.6 Å². The number of alkyl halides is 3. The number of rotatable bonds is 2. The Balaban J connectivity index is 3.88. The highest BCUT2D eigenvalue weighted by atomic mass is 35.5. The van der Waals surface area contributed by atoms with Crippen LogP contribution in [0.15, 0.2) is 0 Å². The monoisotopic (exact) mass is 158 g/mol. The van der Waals surface area contributed by atoms with Gasteiger partial charge in [-0.1, -0.05) is 13.8 Å². The Morgan fingerprint density at radius 2 is 1.78 bits per heavy atom.